The van der Waals surface area contributed by atoms with Crippen LogP contribution in [0.3, 0.4) is 0 Å². The first kappa shape index (κ1) is 16.3. The molecule has 0 spiro atoms. The molecule has 0 aliphatic carbocycles. The van der Waals surface area contributed by atoms with Gasteiger partial charge in [-0.2, -0.15) is 0 Å². The van der Waals surface area contributed by atoms with Crippen LogP contribution < -0.4 is 10.0 Å². The number of allylic oxidation sites excluding steroid dienone is 1. The second kappa shape index (κ2) is 5.79. The molecule has 24 heavy (non-hydrogen) atoms. The Hall–Kier alpha value is -2.60. The highest BCUT2D eigenvalue weighted by atomic mass is 32.2. The highest BCUT2D eigenvalue weighted by Crippen LogP contribution is 2.35. The minimum absolute atomic E-state index is 0.123. The van der Waals surface area contributed by atoms with Gasteiger partial charge in [0.1, 0.15) is 0 Å². The van der Waals surface area contributed by atoms with E-state index in [1.54, 1.807) is 24.3 Å². The fraction of sp³-hybridized carbons (Fsp3) is 0.167. The highest BCUT2D eigenvalue weighted by Gasteiger charge is 2.27. The molecule has 1 amide bonds. The number of amides is 1. The monoisotopic (exact) mass is 342 g/mol. The first-order valence-corrected chi connectivity index (χ1v) is 8.99. The van der Waals surface area contributed by atoms with Gasteiger partial charge in [0, 0.05) is 22.5 Å². The first-order chi connectivity index (χ1) is 11.3. The first-order valence-electron chi connectivity index (χ1n) is 7.51. The second-order valence-corrected chi connectivity index (χ2v) is 7.69. The summed E-state index contributed by atoms with van der Waals surface area (Å²) >= 11 is 0. The number of hydrogen-bond acceptors (Lipinski definition) is 3. The van der Waals surface area contributed by atoms with Crippen LogP contribution in [0.25, 0.3) is 5.57 Å². The molecule has 2 N–H and O–H groups in total. The van der Waals surface area contributed by atoms with Crippen molar-refractivity contribution in [3.8, 4) is 0 Å². The Bertz CT molecular complexity index is 972. The van der Waals surface area contributed by atoms with Gasteiger partial charge in [0.15, 0.2) is 0 Å². The third-order valence-corrected chi connectivity index (χ3v) is 5.20. The maximum Gasteiger partial charge on any atom is 0.261 e. The summed E-state index contributed by atoms with van der Waals surface area (Å²) in [4.78, 5) is 12.2. The Labute approximate surface area is 141 Å². The largest absolute Gasteiger partial charge is 0.321 e. The standard InChI is InChI=1S/C18H18N2O3S/c1-11(2)17-15-10-14(7-8-16(15)19-18(17)21)24(22,23)20-13-6-4-5-12(3)9-13/h4-10,20H,1-3H3,(H,19,21). The number of sulfonamides is 1. The smallest absolute Gasteiger partial charge is 0.261 e. The van der Waals surface area contributed by atoms with E-state index in [2.05, 4.69) is 10.0 Å². The average molecular weight is 342 g/mol. The van der Waals surface area contributed by atoms with Crippen molar-refractivity contribution in [2.45, 2.75) is 25.7 Å². The number of aryl methyl sites for hydroxylation is 1. The van der Waals surface area contributed by atoms with E-state index in [0.717, 1.165) is 11.1 Å². The minimum Gasteiger partial charge on any atom is -0.321 e. The molecule has 0 saturated carbocycles. The number of carbonyl (C=O) groups is 1. The summed E-state index contributed by atoms with van der Waals surface area (Å²) in [6, 6.07) is 11.8. The lowest BCUT2D eigenvalue weighted by Gasteiger charge is -2.10. The van der Waals surface area contributed by atoms with Crippen molar-refractivity contribution in [3.05, 3.63) is 59.2 Å². The Balaban J connectivity index is 2.02. The number of benzene rings is 2. The van der Waals surface area contributed by atoms with Gasteiger partial charge >= 0.3 is 0 Å². The Morgan fingerprint density at radius 1 is 1.08 bits per heavy atom. The van der Waals surface area contributed by atoms with E-state index >= 15 is 0 Å². The molecule has 1 heterocycles. The van der Waals surface area contributed by atoms with Gasteiger partial charge in [0.2, 0.25) is 0 Å². The summed E-state index contributed by atoms with van der Waals surface area (Å²) in [5.41, 5.74) is 4.08. The van der Waals surface area contributed by atoms with E-state index in [0.29, 0.717) is 22.5 Å². The van der Waals surface area contributed by atoms with Crippen LogP contribution in [0.1, 0.15) is 25.0 Å². The van der Waals surface area contributed by atoms with Crippen molar-refractivity contribution in [1.29, 1.82) is 0 Å². The summed E-state index contributed by atoms with van der Waals surface area (Å²) in [5.74, 6) is -0.203. The van der Waals surface area contributed by atoms with Gasteiger partial charge in [-0.1, -0.05) is 17.7 Å². The Morgan fingerprint density at radius 3 is 2.50 bits per heavy atom. The van der Waals surface area contributed by atoms with Gasteiger partial charge in [0.25, 0.3) is 15.9 Å². The normalized spacial score (nSPS) is 13.5. The van der Waals surface area contributed by atoms with Crippen molar-refractivity contribution in [2.24, 2.45) is 0 Å². The molecule has 0 saturated heterocycles. The highest BCUT2D eigenvalue weighted by molar-refractivity contribution is 7.92. The van der Waals surface area contributed by atoms with E-state index in [9.17, 15) is 13.2 Å². The molecule has 124 valence electrons. The van der Waals surface area contributed by atoms with Gasteiger partial charge in [-0.15, -0.1) is 0 Å². The van der Waals surface area contributed by atoms with E-state index in [-0.39, 0.29) is 10.8 Å². The van der Waals surface area contributed by atoms with Gasteiger partial charge in [-0.05, 0) is 56.7 Å². The van der Waals surface area contributed by atoms with Crippen molar-refractivity contribution in [2.75, 3.05) is 10.0 Å². The molecule has 0 bridgehead atoms. The van der Waals surface area contributed by atoms with Crippen LogP contribution >= 0.6 is 0 Å². The summed E-state index contributed by atoms with van der Waals surface area (Å²) in [7, 11) is -3.73. The summed E-state index contributed by atoms with van der Waals surface area (Å²) < 4.78 is 27.8. The maximum atomic E-state index is 12.6. The molecular formula is C18H18N2O3S. The van der Waals surface area contributed by atoms with Crippen LogP contribution in [0, 0.1) is 6.92 Å². The number of nitrogens with one attached hydrogen (secondary N) is 2. The molecular weight excluding hydrogens is 324 g/mol. The molecule has 0 unspecified atom stereocenters. The van der Waals surface area contributed by atoms with Crippen LogP contribution in [0.2, 0.25) is 0 Å². The molecule has 3 rings (SSSR count). The van der Waals surface area contributed by atoms with Crippen molar-refractivity contribution in [3.63, 3.8) is 0 Å². The minimum atomic E-state index is -3.73. The summed E-state index contributed by atoms with van der Waals surface area (Å²) in [6.45, 7) is 5.55. The quantitative estimate of drug-likeness (QED) is 0.838. The molecule has 2 aromatic rings. The number of anilines is 2. The van der Waals surface area contributed by atoms with Crippen LogP contribution in [0.15, 0.2) is 52.9 Å². The van der Waals surface area contributed by atoms with E-state index in [1.807, 2.05) is 26.8 Å². The van der Waals surface area contributed by atoms with Crippen LogP contribution in [0.5, 0.6) is 0 Å². The molecule has 1 aliphatic heterocycles. The zero-order chi connectivity index (χ0) is 17.5. The van der Waals surface area contributed by atoms with Crippen molar-refractivity contribution < 1.29 is 13.2 Å². The van der Waals surface area contributed by atoms with Crippen LogP contribution in [-0.2, 0) is 14.8 Å². The predicted octanol–water partition coefficient (Wildman–Crippen LogP) is 3.54. The molecule has 0 fully saturated rings. The molecule has 0 radical (unpaired) electrons. The topological polar surface area (TPSA) is 75.3 Å². The summed E-state index contributed by atoms with van der Waals surface area (Å²) in [5, 5.41) is 2.75. The van der Waals surface area contributed by atoms with Gasteiger partial charge in [-0.3, -0.25) is 9.52 Å². The zero-order valence-electron chi connectivity index (χ0n) is 13.7. The lowest BCUT2D eigenvalue weighted by molar-refractivity contribution is -0.110. The lowest BCUT2D eigenvalue weighted by Crippen LogP contribution is -2.13. The third kappa shape index (κ3) is 2.92. The molecule has 6 heteroatoms. The number of hydrogen-bond donors (Lipinski definition) is 2. The number of carbonyl (C=O) groups excluding carboxylic acids is 1. The van der Waals surface area contributed by atoms with Crippen molar-refractivity contribution in [1.82, 2.24) is 0 Å². The van der Waals surface area contributed by atoms with Crippen LogP contribution in [-0.4, -0.2) is 14.3 Å². The predicted molar refractivity (Wildman–Crippen MR) is 95.3 cm³/mol. The number of rotatable bonds is 3. The molecule has 5 nitrogen and oxygen atoms in total. The van der Waals surface area contributed by atoms with Gasteiger partial charge in [0.05, 0.1) is 4.90 Å². The maximum absolute atomic E-state index is 12.6. The van der Waals surface area contributed by atoms with E-state index in [1.165, 1.54) is 12.1 Å². The average Bonchev–Trinajstić information content (AvgIpc) is 2.81. The molecule has 0 atom stereocenters. The SMILES string of the molecule is CC(C)=C1C(=O)Nc2ccc(S(=O)(=O)Nc3cccc(C)c3)cc21. The lowest BCUT2D eigenvalue weighted by atomic mass is 10.0. The fourth-order valence-corrected chi connectivity index (χ4v) is 3.81. The second-order valence-electron chi connectivity index (χ2n) is 6.01. The van der Waals surface area contributed by atoms with E-state index in [4.69, 9.17) is 0 Å². The zero-order valence-corrected chi connectivity index (χ0v) is 14.5. The van der Waals surface area contributed by atoms with Gasteiger partial charge < -0.3 is 5.32 Å². The van der Waals surface area contributed by atoms with Gasteiger partial charge in [-0.25, -0.2) is 8.42 Å². The third-order valence-electron chi connectivity index (χ3n) is 3.82. The number of fused-ring (bicyclic) bond motifs is 1. The van der Waals surface area contributed by atoms with Crippen molar-refractivity contribution >= 4 is 32.9 Å². The summed E-state index contributed by atoms with van der Waals surface area (Å²) in [6.07, 6.45) is 0. The Kier molecular flexibility index (Phi) is 3.93. The molecule has 2 aromatic carbocycles. The van der Waals surface area contributed by atoms with Crippen LogP contribution in [0.4, 0.5) is 11.4 Å². The molecule has 0 aromatic heterocycles. The Morgan fingerprint density at radius 2 is 1.83 bits per heavy atom. The fourth-order valence-electron chi connectivity index (χ4n) is 2.73. The molecule has 1 aliphatic rings. The van der Waals surface area contributed by atoms with E-state index < -0.39 is 10.0 Å².